The topological polar surface area (TPSA) is 103 Å². The molecule has 1 aromatic carbocycles. The molecule has 4 rings (SSSR count). The van der Waals surface area contributed by atoms with Gasteiger partial charge in [0.2, 0.25) is 0 Å². The Morgan fingerprint density at radius 2 is 1.79 bits per heavy atom. The number of benzene rings is 1. The maximum Gasteiger partial charge on any atom is 0.253 e. The Morgan fingerprint density at radius 3 is 2.54 bits per heavy atom. The zero-order valence-electron chi connectivity index (χ0n) is 15.0. The molecule has 0 unspecified atom stereocenters. The van der Waals surface area contributed by atoms with Crippen LogP contribution in [-0.4, -0.2) is 40.4 Å². The van der Waals surface area contributed by atoms with Crippen molar-refractivity contribution in [3.05, 3.63) is 84.6 Å². The first-order valence-electron chi connectivity index (χ1n) is 8.79. The quantitative estimate of drug-likeness (QED) is 0.525. The summed E-state index contributed by atoms with van der Waals surface area (Å²) >= 11 is 0. The molecule has 28 heavy (non-hydrogen) atoms. The molecule has 3 heterocycles. The average Bonchev–Trinajstić information content (AvgIpc) is 3.43. The lowest BCUT2D eigenvalue weighted by Crippen LogP contribution is -2.25. The van der Waals surface area contributed by atoms with Crippen molar-refractivity contribution >= 4 is 5.91 Å². The summed E-state index contributed by atoms with van der Waals surface area (Å²) < 4.78 is 3.61. The van der Waals surface area contributed by atoms with Crippen molar-refractivity contribution in [1.29, 1.82) is 0 Å². The number of amides is 1. The number of nitrogens with one attached hydrogen (secondary N) is 1. The van der Waals surface area contributed by atoms with Gasteiger partial charge >= 0.3 is 0 Å². The van der Waals surface area contributed by atoms with E-state index in [1.54, 1.807) is 35.7 Å². The Labute approximate surface area is 161 Å². The van der Waals surface area contributed by atoms with Crippen LogP contribution in [0.4, 0.5) is 0 Å². The predicted octanol–water partition coefficient (Wildman–Crippen LogP) is 1.43. The fourth-order valence-electron chi connectivity index (χ4n) is 2.75. The van der Waals surface area contributed by atoms with Crippen molar-refractivity contribution in [2.24, 2.45) is 0 Å². The molecule has 0 aliphatic rings. The van der Waals surface area contributed by atoms with Crippen LogP contribution in [0.15, 0.2) is 67.6 Å². The smallest absolute Gasteiger partial charge is 0.253 e. The minimum absolute atomic E-state index is 0.222. The van der Waals surface area contributed by atoms with Gasteiger partial charge in [0, 0.05) is 12.7 Å². The summed E-state index contributed by atoms with van der Waals surface area (Å²) in [6, 6.07) is 13.6. The molecule has 9 nitrogen and oxygen atoms in total. The molecular formula is C19H18N8O. The molecule has 0 aliphatic heterocycles. The SMILES string of the molecule is O=C(NCc1nncn1CCc1ccccc1)c1ccc(-n2cnnc2)nc1. The van der Waals surface area contributed by atoms with E-state index in [4.69, 9.17) is 0 Å². The van der Waals surface area contributed by atoms with Gasteiger partial charge in [-0.3, -0.25) is 9.36 Å². The highest BCUT2D eigenvalue weighted by Crippen LogP contribution is 2.06. The van der Waals surface area contributed by atoms with Gasteiger partial charge in [0.15, 0.2) is 5.82 Å². The fourth-order valence-corrected chi connectivity index (χ4v) is 2.75. The third-order valence-electron chi connectivity index (χ3n) is 4.28. The van der Waals surface area contributed by atoms with Crippen LogP contribution in [0.1, 0.15) is 21.7 Å². The first kappa shape index (κ1) is 17.5. The average molecular weight is 374 g/mol. The molecule has 9 heteroatoms. The molecule has 0 fully saturated rings. The monoisotopic (exact) mass is 374 g/mol. The Balaban J connectivity index is 1.34. The first-order chi connectivity index (χ1) is 13.8. The van der Waals surface area contributed by atoms with Crippen molar-refractivity contribution in [1.82, 2.24) is 39.8 Å². The molecule has 0 atom stereocenters. The third kappa shape index (κ3) is 4.09. The molecule has 0 saturated carbocycles. The van der Waals surface area contributed by atoms with E-state index in [1.807, 2.05) is 22.8 Å². The second-order valence-electron chi connectivity index (χ2n) is 6.13. The van der Waals surface area contributed by atoms with E-state index >= 15 is 0 Å². The minimum Gasteiger partial charge on any atom is -0.345 e. The maximum absolute atomic E-state index is 12.4. The number of hydrogen-bond donors (Lipinski definition) is 1. The van der Waals surface area contributed by atoms with Crippen LogP contribution < -0.4 is 5.32 Å². The van der Waals surface area contributed by atoms with Gasteiger partial charge in [-0.05, 0) is 24.1 Å². The van der Waals surface area contributed by atoms with Crippen molar-refractivity contribution in [2.45, 2.75) is 19.5 Å². The number of aryl methyl sites for hydroxylation is 2. The van der Waals surface area contributed by atoms with E-state index in [1.165, 1.54) is 11.8 Å². The third-order valence-corrected chi connectivity index (χ3v) is 4.28. The van der Waals surface area contributed by atoms with Gasteiger partial charge < -0.3 is 9.88 Å². The number of nitrogens with zero attached hydrogens (tertiary/aromatic N) is 7. The summed E-state index contributed by atoms with van der Waals surface area (Å²) in [5, 5.41) is 18.4. The highest BCUT2D eigenvalue weighted by Gasteiger charge is 2.10. The number of aromatic nitrogens is 7. The molecule has 4 aromatic rings. The van der Waals surface area contributed by atoms with E-state index < -0.39 is 0 Å². The van der Waals surface area contributed by atoms with Crippen LogP contribution in [0.5, 0.6) is 0 Å². The molecule has 3 aromatic heterocycles. The molecule has 0 aliphatic carbocycles. The van der Waals surface area contributed by atoms with Crippen LogP contribution in [0, 0.1) is 0 Å². The molecule has 1 amide bonds. The van der Waals surface area contributed by atoms with Crippen LogP contribution in [0.3, 0.4) is 0 Å². The second kappa shape index (κ2) is 8.21. The van der Waals surface area contributed by atoms with Crippen molar-refractivity contribution in [3.8, 4) is 5.82 Å². The summed E-state index contributed by atoms with van der Waals surface area (Å²) in [6.07, 6.45) is 7.16. The number of carbonyl (C=O) groups is 1. The van der Waals surface area contributed by atoms with Crippen LogP contribution in [0.2, 0.25) is 0 Å². The van der Waals surface area contributed by atoms with Gasteiger partial charge in [0.25, 0.3) is 5.91 Å². The van der Waals surface area contributed by atoms with Gasteiger partial charge in [-0.1, -0.05) is 30.3 Å². The van der Waals surface area contributed by atoms with E-state index in [0.717, 1.165) is 13.0 Å². The largest absolute Gasteiger partial charge is 0.345 e. The number of carbonyl (C=O) groups excluding carboxylic acids is 1. The van der Waals surface area contributed by atoms with E-state index in [2.05, 4.69) is 42.8 Å². The number of pyridine rings is 1. The fraction of sp³-hybridized carbons (Fsp3) is 0.158. The zero-order valence-corrected chi connectivity index (χ0v) is 15.0. The van der Waals surface area contributed by atoms with Gasteiger partial charge in [0.05, 0.1) is 12.1 Å². The summed E-state index contributed by atoms with van der Waals surface area (Å²) in [7, 11) is 0. The zero-order chi connectivity index (χ0) is 19.2. The minimum atomic E-state index is -0.222. The molecule has 0 radical (unpaired) electrons. The highest BCUT2D eigenvalue weighted by atomic mass is 16.1. The standard InChI is InChI=1S/C19H18N8O/c28-19(16-6-7-17(20-10-16)27-12-22-23-13-27)21-11-18-25-24-14-26(18)9-8-15-4-2-1-3-5-15/h1-7,10,12-14H,8-9,11H2,(H,21,28). The van der Waals surface area contributed by atoms with Crippen LogP contribution in [-0.2, 0) is 19.5 Å². The van der Waals surface area contributed by atoms with Gasteiger partial charge in [-0.25, -0.2) is 4.98 Å². The summed E-state index contributed by atoms with van der Waals surface area (Å²) in [6.45, 7) is 1.04. The lowest BCUT2D eigenvalue weighted by atomic mass is 10.1. The summed E-state index contributed by atoms with van der Waals surface area (Å²) in [5.74, 6) is 1.13. The highest BCUT2D eigenvalue weighted by molar-refractivity contribution is 5.93. The predicted molar refractivity (Wildman–Crippen MR) is 100 cm³/mol. The molecule has 140 valence electrons. The van der Waals surface area contributed by atoms with Crippen molar-refractivity contribution in [2.75, 3.05) is 0 Å². The van der Waals surface area contributed by atoms with Crippen molar-refractivity contribution in [3.63, 3.8) is 0 Å². The summed E-state index contributed by atoms with van der Waals surface area (Å²) in [5.41, 5.74) is 1.71. The van der Waals surface area contributed by atoms with Crippen molar-refractivity contribution < 1.29 is 4.79 Å². The van der Waals surface area contributed by atoms with E-state index in [0.29, 0.717) is 23.8 Å². The molecule has 0 saturated heterocycles. The molecular weight excluding hydrogens is 356 g/mol. The van der Waals surface area contributed by atoms with Gasteiger partial charge in [-0.15, -0.1) is 20.4 Å². The van der Waals surface area contributed by atoms with E-state index in [-0.39, 0.29) is 5.91 Å². The Hall–Kier alpha value is -3.88. The van der Waals surface area contributed by atoms with E-state index in [9.17, 15) is 4.79 Å². The lowest BCUT2D eigenvalue weighted by Gasteiger charge is -2.08. The van der Waals surface area contributed by atoms with Gasteiger partial charge in [-0.2, -0.15) is 0 Å². The van der Waals surface area contributed by atoms with Crippen LogP contribution in [0.25, 0.3) is 5.82 Å². The molecule has 1 N–H and O–H groups in total. The molecule has 0 bridgehead atoms. The normalized spacial score (nSPS) is 10.7. The van der Waals surface area contributed by atoms with Crippen LogP contribution >= 0.6 is 0 Å². The Bertz CT molecular complexity index is 1030. The Kier molecular flexibility index (Phi) is 5.14. The van der Waals surface area contributed by atoms with Gasteiger partial charge in [0.1, 0.15) is 24.8 Å². The number of hydrogen-bond acceptors (Lipinski definition) is 6. The molecule has 0 spiro atoms. The maximum atomic E-state index is 12.4. The first-order valence-corrected chi connectivity index (χ1v) is 8.79. The Morgan fingerprint density at radius 1 is 0.964 bits per heavy atom. The lowest BCUT2D eigenvalue weighted by molar-refractivity contribution is 0.0949. The second-order valence-corrected chi connectivity index (χ2v) is 6.13. The number of rotatable bonds is 7. The summed E-state index contributed by atoms with van der Waals surface area (Å²) in [4.78, 5) is 16.6.